The van der Waals surface area contributed by atoms with Gasteiger partial charge in [0.05, 0.1) is 24.1 Å². The maximum Gasteiger partial charge on any atom is 0.278 e. The van der Waals surface area contributed by atoms with Crippen LogP contribution in [0.1, 0.15) is 42.3 Å². The van der Waals surface area contributed by atoms with E-state index in [1.165, 1.54) is 0 Å². The van der Waals surface area contributed by atoms with Crippen molar-refractivity contribution in [3.63, 3.8) is 0 Å². The lowest BCUT2D eigenvalue weighted by molar-refractivity contribution is 0.519. The zero-order valence-electron chi connectivity index (χ0n) is 16.6. The van der Waals surface area contributed by atoms with Crippen molar-refractivity contribution in [2.75, 3.05) is 0 Å². The fraction of sp³-hybridized carbons (Fsp3) is 0.167. The van der Waals surface area contributed by atoms with Crippen LogP contribution in [-0.4, -0.2) is 14.5 Å². The molecule has 3 heterocycles. The highest BCUT2D eigenvalue weighted by atomic mass is 16.3. The van der Waals surface area contributed by atoms with Gasteiger partial charge in [0.1, 0.15) is 11.5 Å². The molecule has 0 saturated heterocycles. The molecule has 0 bridgehead atoms. The highest BCUT2D eigenvalue weighted by Gasteiger charge is 2.21. The molecule has 29 heavy (non-hydrogen) atoms. The van der Waals surface area contributed by atoms with Gasteiger partial charge in [-0.05, 0) is 37.1 Å². The van der Waals surface area contributed by atoms with Crippen LogP contribution in [0.25, 0.3) is 11.4 Å². The first-order valence-corrected chi connectivity index (χ1v) is 9.68. The number of rotatable bonds is 6. The van der Waals surface area contributed by atoms with Crippen LogP contribution in [0.4, 0.5) is 0 Å². The van der Waals surface area contributed by atoms with Gasteiger partial charge in [-0.1, -0.05) is 48.6 Å². The highest BCUT2D eigenvalue weighted by Crippen LogP contribution is 2.22. The monoisotopic (exact) mass is 385 g/mol. The second-order valence-corrected chi connectivity index (χ2v) is 6.87. The van der Waals surface area contributed by atoms with Crippen LogP contribution < -0.4 is 5.56 Å². The Morgan fingerprint density at radius 2 is 1.97 bits per heavy atom. The quantitative estimate of drug-likeness (QED) is 0.487. The molecular weight excluding hydrogens is 362 g/mol. The first kappa shape index (κ1) is 18.7. The highest BCUT2D eigenvalue weighted by molar-refractivity contribution is 5.71. The number of nitrogens with zero attached hydrogens (tertiary/aromatic N) is 2. The van der Waals surface area contributed by atoms with Gasteiger partial charge < -0.3 is 9.40 Å². The molecule has 4 rings (SSSR count). The Bertz CT molecular complexity index is 1180. The number of furan rings is 1. The van der Waals surface area contributed by atoms with Gasteiger partial charge in [-0.3, -0.25) is 9.36 Å². The standard InChI is InChI=1S/C24H23N3O2/c1-3-9-18(4-2)22-16-27-23(20(25-22)14-17-10-6-5-7-11-17)26-21(24(27)28)15-19-12-8-13-29-19/h3-13,16,25H,14-15H2,1-2H3/b9-3-,18-4+. The molecule has 2 aliphatic heterocycles. The van der Waals surface area contributed by atoms with E-state index in [1.54, 1.807) is 10.8 Å². The Hall–Kier alpha value is -3.60. The van der Waals surface area contributed by atoms with Crippen molar-refractivity contribution < 1.29 is 4.42 Å². The fourth-order valence-corrected chi connectivity index (χ4v) is 3.46. The van der Waals surface area contributed by atoms with Gasteiger partial charge in [0.25, 0.3) is 5.56 Å². The van der Waals surface area contributed by atoms with E-state index in [1.807, 2.05) is 68.6 Å². The van der Waals surface area contributed by atoms with Crippen molar-refractivity contribution in [2.24, 2.45) is 0 Å². The third-order valence-electron chi connectivity index (χ3n) is 4.86. The second-order valence-electron chi connectivity index (χ2n) is 6.87. The van der Waals surface area contributed by atoms with Crippen LogP contribution in [0.2, 0.25) is 0 Å². The minimum atomic E-state index is -0.114. The van der Waals surface area contributed by atoms with Crippen LogP contribution in [0.5, 0.6) is 0 Å². The molecule has 0 aliphatic carbocycles. The summed E-state index contributed by atoms with van der Waals surface area (Å²) in [4.78, 5) is 21.3. The van der Waals surface area contributed by atoms with E-state index in [-0.39, 0.29) is 5.56 Å². The minimum absolute atomic E-state index is 0.114. The molecule has 0 amide bonds. The Morgan fingerprint density at radius 1 is 1.14 bits per heavy atom. The van der Waals surface area contributed by atoms with Gasteiger partial charge in [-0.2, -0.15) is 0 Å². The Morgan fingerprint density at radius 3 is 2.66 bits per heavy atom. The fourth-order valence-electron chi connectivity index (χ4n) is 3.46. The van der Waals surface area contributed by atoms with Crippen molar-refractivity contribution in [1.82, 2.24) is 14.5 Å². The lowest BCUT2D eigenvalue weighted by Gasteiger charge is -2.13. The van der Waals surface area contributed by atoms with E-state index < -0.39 is 0 Å². The van der Waals surface area contributed by atoms with Gasteiger partial charge in [-0.15, -0.1) is 0 Å². The SMILES string of the molecule is C/C=C\C(=C/C)c1cn2c(=O)c(Cc3ccco3)nc-2c(Cc2ccccc2)[nH]1. The Kier molecular flexibility index (Phi) is 5.29. The third kappa shape index (κ3) is 3.85. The minimum Gasteiger partial charge on any atom is -0.469 e. The van der Waals surface area contributed by atoms with Gasteiger partial charge >= 0.3 is 0 Å². The van der Waals surface area contributed by atoms with Crippen LogP contribution in [0, 0.1) is 0 Å². The number of nitrogens with one attached hydrogen (secondary N) is 1. The van der Waals surface area contributed by atoms with Crippen molar-refractivity contribution in [3.05, 3.63) is 112 Å². The zero-order valence-corrected chi connectivity index (χ0v) is 16.6. The van der Waals surface area contributed by atoms with E-state index in [4.69, 9.17) is 4.42 Å². The molecule has 0 radical (unpaired) electrons. The molecule has 1 N–H and O–H groups in total. The molecule has 5 nitrogen and oxygen atoms in total. The summed E-state index contributed by atoms with van der Waals surface area (Å²) in [5, 5.41) is 0. The first-order valence-electron chi connectivity index (χ1n) is 9.68. The zero-order chi connectivity index (χ0) is 20.2. The van der Waals surface area contributed by atoms with Crippen molar-refractivity contribution >= 4 is 5.57 Å². The topological polar surface area (TPSA) is 63.8 Å². The number of allylic oxidation sites excluding steroid dienone is 4. The maximum atomic E-state index is 13.1. The summed E-state index contributed by atoms with van der Waals surface area (Å²) >= 11 is 0. The third-order valence-corrected chi connectivity index (χ3v) is 4.86. The summed E-state index contributed by atoms with van der Waals surface area (Å²) in [7, 11) is 0. The summed E-state index contributed by atoms with van der Waals surface area (Å²) in [5.41, 5.74) is 4.32. The van der Waals surface area contributed by atoms with E-state index in [2.05, 4.69) is 22.1 Å². The lowest BCUT2D eigenvalue weighted by Crippen LogP contribution is -2.18. The van der Waals surface area contributed by atoms with Crippen molar-refractivity contribution in [2.45, 2.75) is 26.7 Å². The number of hydrogen-bond donors (Lipinski definition) is 1. The van der Waals surface area contributed by atoms with Gasteiger partial charge in [0.2, 0.25) is 0 Å². The number of fused-ring (bicyclic) bond motifs is 1. The molecule has 0 saturated carbocycles. The summed E-state index contributed by atoms with van der Waals surface area (Å²) < 4.78 is 7.06. The maximum absolute atomic E-state index is 13.1. The Labute approximate surface area is 169 Å². The number of hydrogen-bond acceptors (Lipinski definition) is 3. The number of benzene rings is 1. The molecule has 2 aliphatic rings. The largest absolute Gasteiger partial charge is 0.469 e. The Balaban J connectivity index is 1.87. The summed E-state index contributed by atoms with van der Waals surface area (Å²) in [6.07, 6.45) is 10.5. The van der Waals surface area contributed by atoms with Crippen LogP contribution in [0.15, 0.2) is 82.4 Å². The van der Waals surface area contributed by atoms with Crippen LogP contribution >= 0.6 is 0 Å². The van der Waals surface area contributed by atoms with Gasteiger partial charge in [-0.25, -0.2) is 4.98 Å². The molecular formula is C24H23N3O2. The van der Waals surface area contributed by atoms with E-state index >= 15 is 0 Å². The molecule has 0 unspecified atom stereocenters. The lowest BCUT2D eigenvalue weighted by atomic mass is 10.1. The number of imidazole rings is 1. The molecule has 5 heteroatoms. The van der Waals surface area contributed by atoms with Crippen molar-refractivity contribution in [1.29, 1.82) is 0 Å². The number of aromatic amines is 1. The summed E-state index contributed by atoms with van der Waals surface area (Å²) in [6, 6.07) is 13.8. The van der Waals surface area contributed by atoms with Crippen LogP contribution in [-0.2, 0) is 12.8 Å². The molecule has 0 fully saturated rings. The van der Waals surface area contributed by atoms with Gasteiger partial charge in [0, 0.05) is 12.6 Å². The summed E-state index contributed by atoms with van der Waals surface area (Å²) in [6.45, 7) is 3.96. The molecule has 1 aromatic carbocycles. The smallest absolute Gasteiger partial charge is 0.278 e. The normalized spacial score (nSPS) is 12.3. The molecule has 0 spiro atoms. The van der Waals surface area contributed by atoms with E-state index in [9.17, 15) is 4.79 Å². The molecule has 1 aromatic heterocycles. The molecule has 146 valence electrons. The average Bonchev–Trinajstić information content (AvgIpc) is 3.36. The van der Waals surface area contributed by atoms with E-state index in [0.717, 1.165) is 28.3 Å². The molecule has 2 aromatic rings. The average molecular weight is 385 g/mol. The summed E-state index contributed by atoms with van der Waals surface area (Å²) in [5.74, 6) is 1.38. The molecule has 0 atom stereocenters. The number of aromatic nitrogens is 3. The first-order chi connectivity index (χ1) is 14.2. The second kappa shape index (κ2) is 8.19. The van der Waals surface area contributed by atoms with Gasteiger partial charge in [0.15, 0.2) is 5.82 Å². The predicted octanol–water partition coefficient (Wildman–Crippen LogP) is 4.75. The number of H-pyrrole nitrogens is 1. The van der Waals surface area contributed by atoms with E-state index in [0.29, 0.717) is 24.4 Å². The van der Waals surface area contributed by atoms with Crippen molar-refractivity contribution in [3.8, 4) is 5.82 Å². The predicted molar refractivity (Wildman–Crippen MR) is 115 cm³/mol. The van der Waals surface area contributed by atoms with Crippen LogP contribution in [0.3, 0.4) is 0 Å².